The van der Waals surface area contributed by atoms with Gasteiger partial charge in [0.1, 0.15) is 11.9 Å². The molecule has 2 aromatic carbocycles. The van der Waals surface area contributed by atoms with Gasteiger partial charge in [-0.1, -0.05) is 25.1 Å². The van der Waals surface area contributed by atoms with Gasteiger partial charge < -0.3 is 19.1 Å². The number of hydrogen-bond acceptors (Lipinski definition) is 4. The summed E-state index contributed by atoms with van der Waals surface area (Å²) >= 11 is 0. The summed E-state index contributed by atoms with van der Waals surface area (Å²) in [6, 6.07) is 13.3. The fourth-order valence-electron chi connectivity index (χ4n) is 3.04. The van der Waals surface area contributed by atoms with Crippen LogP contribution >= 0.6 is 0 Å². The second-order valence-electron chi connectivity index (χ2n) is 6.24. The van der Waals surface area contributed by atoms with Gasteiger partial charge in [-0.3, -0.25) is 4.79 Å². The molecule has 27 heavy (non-hydrogen) atoms. The molecule has 5 heteroatoms. The summed E-state index contributed by atoms with van der Waals surface area (Å²) < 4.78 is 16.8. The van der Waals surface area contributed by atoms with E-state index in [-0.39, 0.29) is 12.0 Å². The number of rotatable bonds is 6. The maximum Gasteiger partial charge on any atom is 0.251 e. The summed E-state index contributed by atoms with van der Waals surface area (Å²) in [4.78, 5) is 14.6. The quantitative estimate of drug-likeness (QED) is 0.714. The number of ether oxygens (including phenoxy) is 3. The van der Waals surface area contributed by atoms with Gasteiger partial charge in [0.2, 0.25) is 0 Å². The van der Waals surface area contributed by atoms with Gasteiger partial charge in [0.15, 0.2) is 11.5 Å². The molecule has 0 aliphatic carbocycles. The minimum Gasteiger partial charge on any atom is -0.493 e. The van der Waals surface area contributed by atoms with Crippen molar-refractivity contribution < 1.29 is 19.0 Å². The first-order chi connectivity index (χ1) is 13.2. The van der Waals surface area contributed by atoms with Crippen LogP contribution in [-0.4, -0.2) is 32.3 Å². The molecule has 0 bridgehead atoms. The van der Waals surface area contributed by atoms with Gasteiger partial charge >= 0.3 is 0 Å². The maximum atomic E-state index is 12.8. The molecule has 0 spiro atoms. The highest BCUT2D eigenvalue weighted by atomic mass is 16.5. The molecular formula is C22H25NO4. The van der Waals surface area contributed by atoms with Crippen molar-refractivity contribution in [3.05, 3.63) is 54.1 Å². The Morgan fingerprint density at radius 3 is 2.78 bits per heavy atom. The molecule has 1 unspecified atom stereocenters. The summed E-state index contributed by atoms with van der Waals surface area (Å²) in [7, 11) is 1.60. The minimum absolute atomic E-state index is 0.00261. The van der Waals surface area contributed by atoms with Crippen LogP contribution < -0.4 is 19.1 Å². The number of carbonyl (C=O) groups excluding carboxylic acids is 1. The van der Waals surface area contributed by atoms with Crippen LogP contribution in [-0.2, 0) is 4.79 Å². The van der Waals surface area contributed by atoms with Crippen molar-refractivity contribution >= 4 is 17.7 Å². The van der Waals surface area contributed by atoms with Gasteiger partial charge in [0.05, 0.1) is 25.9 Å². The number of methoxy groups -OCH3 is 1. The molecule has 142 valence electrons. The van der Waals surface area contributed by atoms with Crippen LogP contribution in [0.25, 0.3) is 6.08 Å². The van der Waals surface area contributed by atoms with Gasteiger partial charge in [-0.05, 0) is 49.2 Å². The highest BCUT2D eigenvalue weighted by molar-refractivity contribution is 6.05. The van der Waals surface area contributed by atoms with Crippen LogP contribution in [0.3, 0.4) is 0 Å². The first kappa shape index (κ1) is 18.8. The van der Waals surface area contributed by atoms with Crippen LogP contribution in [0.15, 0.2) is 48.5 Å². The van der Waals surface area contributed by atoms with Gasteiger partial charge in [0, 0.05) is 6.08 Å². The average molecular weight is 367 g/mol. The largest absolute Gasteiger partial charge is 0.493 e. The number of nitrogens with zero attached hydrogens (tertiary/aromatic N) is 1. The van der Waals surface area contributed by atoms with E-state index in [1.54, 1.807) is 24.2 Å². The normalized spacial score (nSPS) is 16.0. The third kappa shape index (κ3) is 4.25. The molecule has 0 saturated carbocycles. The predicted octanol–water partition coefficient (Wildman–Crippen LogP) is 4.31. The second kappa shape index (κ2) is 8.62. The molecule has 1 heterocycles. The summed E-state index contributed by atoms with van der Waals surface area (Å²) in [5.74, 6) is 2.02. The molecule has 1 aliphatic heterocycles. The van der Waals surface area contributed by atoms with Crippen molar-refractivity contribution in [3.63, 3.8) is 0 Å². The number of para-hydroxylation sites is 2. The highest BCUT2D eigenvalue weighted by Gasteiger charge is 2.27. The minimum atomic E-state index is -0.0722. The number of amides is 1. The lowest BCUT2D eigenvalue weighted by molar-refractivity contribution is -0.114. The van der Waals surface area contributed by atoms with Crippen LogP contribution in [0.2, 0.25) is 0 Å². The van der Waals surface area contributed by atoms with Crippen molar-refractivity contribution in [1.29, 1.82) is 0 Å². The Hall–Kier alpha value is -2.95. The smallest absolute Gasteiger partial charge is 0.251 e. The van der Waals surface area contributed by atoms with Gasteiger partial charge in [-0.25, -0.2) is 0 Å². The molecule has 0 N–H and O–H groups in total. The van der Waals surface area contributed by atoms with Crippen molar-refractivity contribution in [2.45, 2.75) is 26.4 Å². The zero-order valence-electron chi connectivity index (χ0n) is 16.0. The first-order valence-electron chi connectivity index (χ1n) is 9.22. The Labute approximate surface area is 160 Å². The maximum absolute atomic E-state index is 12.8. The third-order valence-corrected chi connectivity index (χ3v) is 4.46. The fraction of sp³-hybridized carbons (Fsp3) is 0.318. The van der Waals surface area contributed by atoms with E-state index in [9.17, 15) is 4.79 Å². The molecule has 1 amide bonds. The number of carbonyl (C=O) groups is 1. The van der Waals surface area contributed by atoms with Gasteiger partial charge in [-0.2, -0.15) is 0 Å². The molecular weight excluding hydrogens is 342 g/mol. The zero-order chi connectivity index (χ0) is 19.2. The number of fused-ring (bicyclic) bond motifs is 1. The first-order valence-corrected chi connectivity index (χ1v) is 9.22. The predicted molar refractivity (Wildman–Crippen MR) is 107 cm³/mol. The van der Waals surface area contributed by atoms with Crippen molar-refractivity contribution in [2.75, 3.05) is 25.2 Å². The molecule has 1 atom stereocenters. The topological polar surface area (TPSA) is 48.0 Å². The van der Waals surface area contributed by atoms with Crippen LogP contribution in [0.1, 0.15) is 25.8 Å². The van der Waals surface area contributed by atoms with Crippen molar-refractivity contribution in [1.82, 2.24) is 0 Å². The molecule has 1 aliphatic rings. The molecule has 0 saturated heterocycles. The Bertz CT molecular complexity index is 831. The Balaban J connectivity index is 1.80. The van der Waals surface area contributed by atoms with E-state index in [2.05, 4.69) is 6.92 Å². The molecule has 3 rings (SSSR count). The average Bonchev–Trinajstić information content (AvgIpc) is 2.72. The fourth-order valence-corrected chi connectivity index (χ4v) is 3.04. The Morgan fingerprint density at radius 1 is 1.22 bits per heavy atom. The van der Waals surface area contributed by atoms with E-state index in [1.165, 1.54) is 0 Å². The van der Waals surface area contributed by atoms with E-state index in [1.807, 2.05) is 49.4 Å². The molecule has 0 aromatic heterocycles. The summed E-state index contributed by atoms with van der Waals surface area (Å²) in [6.45, 7) is 5.10. The van der Waals surface area contributed by atoms with Crippen LogP contribution in [0.4, 0.5) is 5.69 Å². The monoisotopic (exact) mass is 367 g/mol. The lowest BCUT2D eigenvalue weighted by Gasteiger charge is -2.34. The Kier molecular flexibility index (Phi) is 6.01. The SMILES string of the molecule is CCOc1ccc(/C=C/C(=O)N2CC(CC)Oc3ccccc32)cc1OC. The van der Waals surface area contributed by atoms with Crippen LogP contribution in [0.5, 0.6) is 17.2 Å². The van der Waals surface area contributed by atoms with E-state index in [0.717, 1.165) is 23.4 Å². The van der Waals surface area contributed by atoms with Gasteiger partial charge in [-0.15, -0.1) is 0 Å². The van der Waals surface area contributed by atoms with E-state index in [0.29, 0.717) is 24.7 Å². The number of benzene rings is 2. The second-order valence-corrected chi connectivity index (χ2v) is 6.24. The highest BCUT2D eigenvalue weighted by Crippen LogP contribution is 2.34. The third-order valence-electron chi connectivity index (χ3n) is 4.46. The number of anilines is 1. The molecule has 0 fully saturated rings. The van der Waals surface area contributed by atoms with E-state index >= 15 is 0 Å². The molecule has 0 radical (unpaired) electrons. The standard InChI is InChI=1S/C22H25NO4/c1-4-17-15-23(18-8-6-7-9-19(18)27-17)22(24)13-11-16-10-12-20(26-5-2)21(14-16)25-3/h6-14,17H,4-5,15H2,1-3H3/b13-11+. The van der Waals surface area contributed by atoms with Gasteiger partial charge in [0.25, 0.3) is 5.91 Å². The van der Waals surface area contributed by atoms with Crippen LogP contribution in [0, 0.1) is 0 Å². The van der Waals surface area contributed by atoms with E-state index in [4.69, 9.17) is 14.2 Å². The zero-order valence-corrected chi connectivity index (χ0v) is 16.0. The van der Waals surface area contributed by atoms with Crippen molar-refractivity contribution in [2.24, 2.45) is 0 Å². The lowest BCUT2D eigenvalue weighted by atomic mass is 10.1. The van der Waals surface area contributed by atoms with Crippen molar-refractivity contribution in [3.8, 4) is 17.2 Å². The molecule has 2 aromatic rings. The summed E-state index contributed by atoms with van der Waals surface area (Å²) in [5, 5.41) is 0. The van der Waals surface area contributed by atoms with E-state index < -0.39 is 0 Å². The number of hydrogen-bond donors (Lipinski definition) is 0. The summed E-state index contributed by atoms with van der Waals surface area (Å²) in [5.41, 5.74) is 1.68. The molecule has 5 nitrogen and oxygen atoms in total. The lowest BCUT2D eigenvalue weighted by Crippen LogP contribution is -2.42. The Morgan fingerprint density at radius 2 is 2.04 bits per heavy atom. The summed E-state index contributed by atoms with van der Waals surface area (Å²) in [6.07, 6.45) is 4.23.